The Labute approximate surface area is 126 Å². The largest absolute Gasteiger partial charge is 0.478 e. The molecule has 2 N–H and O–H groups in total. The minimum Gasteiger partial charge on any atom is -0.478 e. The van der Waals surface area contributed by atoms with Gasteiger partial charge in [-0.15, -0.1) is 0 Å². The average Bonchev–Trinajstić information content (AvgIpc) is 3.08. The van der Waals surface area contributed by atoms with Gasteiger partial charge in [0.15, 0.2) is 0 Å². The number of non-ortho nitro benzene ring substituents is 1. The molecule has 2 bridgehead atoms. The van der Waals surface area contributed by atoms with Crippen LogP contribution in [0, 0.1) is 22.0 Å². The first-order chi connectivity index (χ1) is 10.5. The van der Waals surface area contributed by atoms with Gasteiger partial charge in [0.25, 0.3) is 11.6 Å². The molecule has 2 aliphatic rings. The van der Waals surface area contributed by atoms with E-state index in [4.69, 9.17) is 5.11 Å². The van der Waals surface area contributed by atoms with Gasteiger partial charge in [-0.05, 0) is 37.2 Å². The molecule has 0 unspecified atom stereocenters. The fraction of sp³-hybridized carbons (Fsp3) is 0.467. The number of hydrogen-bond donors (Lipinski definition) is 2. The standard InChI is InChI=1S/C15H16N2O5/c18-14(16-13-6-8-1-2-9(13)5-8)12-7-10(17(21)22)3-4-11(12)15(19)20/h3-4,7-9,13H,1-2,5-6H2,(H,16,18)(H,19,20)/t8-,9-,13-/m0/s1. The van der Waals surface area contributed by atoms with E-state index in [1.165, 1.54) is 6.42 Å². The van der Waals surface area contributed by atoms with Crippen LogP contribution in [0.25, 0.3) is 0 Å². The number of benzene rings is 1. The van der Waals surface area contributed by atoms with Crippen LogP contribution in [0.15, 0.2) is 18.2 Å². The molecule has 0 heterocycles. The predicted molar refractivity (Wildman–Crippen MR) is 76.8 cm³/mol. The number of nitro benzene ring substituents is 1. The smallest absolute Gasteiger partial charge is 0.336 e. The lowest BCUT2D eigenvalue weighted by Gasteiger charge is -2.23. The summed E-state index contributed by atoms with van der Waals surface area (Å²) >= 11 is 0. The van der Waals surface area contributed by atoms with Gasteiger partial charge in [0.05, 0.1) is 16.1 Å². The zero-order valence-corrected chi connectivity index (χ0v) is 11.8. The van der Waals surface area contributed by atoms with Crippen molar-refractivity contribution in [1.82, 2.24) is 5.32 Å². The van der Waals surface area contributed by atoms with Crippen molar-refractivity contribution in [3.63, 3.8) is 0 Å². The highest BCUT2D eigenvalue weighted by Gasteiger charge is 2.40. The van der Waals surface area contributed by atoms with E-state index in [-0.39, 0.29) is 22.9 Å². The number of carboxylic acids is 1. The van der Waals surface area contributed by atoms with Crippen molar-refractivity contribution in [2.45, 2.75) is 31.7 Å². The van der Waals surface area contributed by atoms with Crippen molar-refractivity contribution in [2.75, 3.05) is 0 Å². The van der Waals surface area contributed by atoms with E-state index in [0.717, 1.165) is 37.5 Å². The van der Waals surface area contributed by atoms with E-state index >= 15 is 0 Å². The maximum absolute atomic E-state index is 12.4. The number of carbonyl (C=O) groups is 2. The van der Waals surface area contributed by atoms with Crippen molar-refractivity contribution in [2.24, 2.45) is 11.8 Å². The Bertz CT molecular complexity index is 657. The molecule has 0 spiro atoms. The second-order valence-electron chi connectivity index (χ2n) is 6.05. The zero-order chi connectivity index (χ0) is 15.9. The van der Waals surface area contributed by atoms with Gasteiger partial charge in [-0.3, -0.25) is 14.9 Å². The minimum absolute atomic E-state index is 0.0483. The summed E-state index contributed by atoms with van der Waals surface area (Å²) in [6, 6.07) is 3.28. The summed E-state index contributed by atoms with van der Waals surface area (Å²) in [5, 5.41) is 22.9. The van der Waals surface area contributed by atoms with Crippen LogP contribution in [0.1, 0.15) is 46.4 Å². The highest BCUT2D eigenvalue weighted by atomic mass is 16.6. The Hall–Kier alpha value is -2.44. The SMILES string of the molecule is O=C(O)c1ccc([N+](=O)[O-])cc1C(=O)N[C@H]1C[C@H]2CC[C@H]1C2. The lowest BCUT2D eigenvalue weighted by Crippen LogP contribution is -2.39. The Morgan fingerprint density at radius 1 is 1.23 bits per heavy atom. The van der Waals surface area contributed by atoms with Gasteiger partial charge in [-0.2, -0.15) is 0 Å². The van der Waals surface area contributed by atoms with E-state index in [2.05, 4.69) is 5.32 Å². The Morgan fingerprint density at radius 3 is 2.55 bits per heavy atom. The first kappa shape index (κ1) is 14.5. The maximum atomic E-state index is 12.4. The van der Waals surface area contributed by atoms with Crippen molar-refractivity contribution in [1.29, 1.82) is 0 Å². The van der Waals surface area contributed by atoms with E-state index in [1.807, 2.05) is 0 Å². The molecule has 22 heavy (non-hydrogen) atoms. The number of carboxylic acid groups (broad SMARTS) is 1. The minimum atomic E-state index is -1.27. The number of amides is 1. The Balaban J connectivity index is 1.85. The monoisotopic (exact) mass is 304 g/mol. The molecule has 1 aromatic rings. The molecule has 0 aromatic heterocycles. The van der Waals surface area contributed by atoms with Crippen LogP contribution in [0.3, 0.4) is 0 Å². The maximum Gasteiger partial charge on any atom is 0.336 e. The molecule has 1 aromatic carbocycles. The molecule has 0 saturated heterocycles. The highest BCUT2D eigenvalue weighted by Crippen LogP contribution is 2.44. The van der Waals surface area contributed by atoms with Crippen molar-refractivity contribution in [3.05, 3.63) is 39.4 Å². The summed E-state index contributed by atoms with van der Waals surface area (Å²) in [6.45, 7) is 0. The number of nitrogens with one attached hydrogen (secondary N) is 1. The van der Waals surface area contributed by atoms with Crippen LogP contribution in [-0.4, -0.2) is 27.9 Å². The van der Waals surface area contributed by atoms with Gasteiger partial charge in [0, 0.05) is 18.2 Å². The van der Waals surface area contributed by atoms with E-state index < -0.39 is 16.8 Å². The summed E-state index contributed by atoms with van der Waals surface area (Å²) < 4.78 is 0. The molecule has 1 amide bonds. The fourth-order valence-electron chi connectivity index (χ4n) is 3.69. The van der Waals surface area contributed by atoms with Gasteiger partial charge in [0.2, 0.25) is 0 Å². The number of aromatic carboxylic acids is 1. The van der Waals surface area contributed by atoms with Gasteiger partial charge in [0.1, 0.15) is 0 Å². The number of carbonyl (C=O) groups excluding carboxylic acids is 1. The topological polar surface area (TPSA) is 110 Å². The third kappa shape index (κ3) is 2.54. The number of nitrogens with zero attached hydrogens (tertiary/aromatic N) is 1. The second-order valence-corrected chi connectivity index (χ2v) is 6.05. The van der Waals surface area contributed by atoms with E-state index in [0.29, 0.717) is 11.8 Å². The molecular formula is C15H16N2O5. The van der Waals surface area contributed by atoms with Crippen LogP contribution in [0.5, 0.6) is 0 Å². The van der Waals surface area contributed by atoms with Crippen molar-refractivity contribution >= 4 is 17.6 Å². The molecule has 3 atom stereocenters. The zero-order valence-electron chi connectivity index (χ0n) is 11.8. The van der Waals surface area contributed by atoms with Crippen LogP contribution in [-0.2, 0) is 0 Å². The summed E-state index contributed by atoms with van der Waals surface area (Å²) in [5.41, 5.74) is -0.654. The number of hydrogen-bond acceptors (Lipinski definition) is 4. The molecule has 2 aliphatic carbocycles. The molecule has 2 fully saturated rings. The van der Waals surface area contributed by atoms with Crippen LogP contribution in [0.2, 0.25) is 0 Å². The van der Waals surface area contributed by atoms with Crippen LogP contribution >= 0.6 is 0 Å². The molecular weight excluding hydrogens is 288 g/mol. The number of nitro groups is 1. The Kier molecular flexibility index (Phi) is 3.56. The summed E-state index contributed by atoms with van der Waals surface area (Å²) in [7, 11) is 0. The van der Waals surface area contributed by atoms with Gasteiger partial charge in [-0.25, -0.2) is 4.79 Å². The quantitative estimate of drug-likeness (QED) is 0.654. The molecule has 7 heteroatoms. The predicted octanol–water partition coefficient (Wildman–Crippen LogP) is 2.21. The fourth-order valence-corrected chi connectivity index (χ4v) is 3.69. The summed E-state index contributed by atoms with van der Waals surface area (Å²) in [4.78, 5) is 33.8. The van der Waals surface area contributed by atoms with Crippen LogP contribution < -0.4 is 5.32 Å². The third-order valence-electron chi connectivity index (χ3n) is 4.74. The van der Waals surface area contributed by atoms with Crippen LogP contribution in [0.4, 0.5) is 5.69 Å². The van der Waals surface area contributed by atoms with Gasteiger partial charge < -0.3 is 10.4 Å². The van der Waals surface area contributed by atoms with Crippen molar-refractivity contribution < 1.29 is 19.6 Å². The van der Waals surface area contributed by atoms with Crippen molar-refractivity contribution in [3.8, 4) is 0 Å². The lowest BCUT2D eigenvalue weighted by molar-refractivity contribution is -0.384. The normalized spacial score (nSPS) is 25.9. The first-order valence-electron chi connectivity index (χ1n) is 7.28. The molecule has 0 radical (unpaired) electrons. The van der Waals surface area contributed by atoms with Gasteiger partial charge >= 0.3 is 5.97 Å². The Morgan fingerprint density at radius 2 is 2.00 bits per heavy atom. The molecule has 0 aliphatic heterocycles. The molecule has 3 rings (SSSR count). The first-order valence-corrected chi connectivity index (χ1v) is 7.28. The molecule has 116 valence electrons. The van der Waals surface area contributed by atoms with E-state index in [9.17, 15) is 19.7 Å². The second kappa shape index (κ2) is 5.40. The lowest BCUT2D eigenvalue weighted by atomic mass is 9.95. The van der Waals surface area contributed by atoms with Gasteiger partial charge in [-0.1, -0.05) is 6.42 Å². The van der Waals surface area contributed by atoms with E-state index in [1.54, 1.807) is 0 Å². The molecule has 7 nitrogen and oxygen atoms in total. The highest BCUT2D eigenvalue weighted by molar-refractivity contribution is 6.05. The average molecular weight is 304 g/mol. The number of rotatable bonds is 4. The summed E-state index contributed by atoms with van der Waals surface area (Å²) in [5.74, 6) is -0.730. The molecule has 2 saturated carbocycles. The number of fused-ring (bicyclic) bond motifs is 2. The third-order valence-corrected chi connectivity index (χ3v) is 4.74. The summed E-state index contributed by atoms with van der Waals surface area (Å²) in [6.07, 6.45) is 4.28.